The van der Waals surface area contributed by atoms with Gasteiger partial charge in [-0.15, -0.1) is 10.2 Å². The number of fused-ring (bicyclic) bond motifs is 5. The Labute approximate surface area is 162 Å². The van der Waals surface area contributed by atoms with E-state index in [1.807, 2.05) is 24.3 Å². The molecular formula is C17H14N8O2S. The number of carbonyl (C=O) groups excluding carboxylic acids is 2. The van der Waals surface area contributed by atoms with Gasteiger partial charge in [-0.25, -0.2) is 15.4 Å². The maximum absolute atomic E-state index is 12.8. The average Bonchev–Trinajstić information content (AvgIpc) is 3.32. The first-order chi connectivity index (χ1) is 13.5. The second kappa shape index (κ2) is 6.02. The first-order valence-electron chi connectivity index (χ1n) is 8.43. The van der Waals surface area contributed by atoms with E-state index in [2.05, 4.69) is 25.6 Å². The Morgan fingerprint density at radius 3 is 2.93 bits per heavy atom. The van der Waals surface area contributed by atoms with Crippen molar-refractivity contribution in [3.63, 3.8) is 0 Å². The summed E-state index contributed by atoms with van der Waals surface area (Å²) in [5.41, 5.74) is 4.77. The van der Waals surface area contributed by atoms with Gasteiger partial charge >= 0.3 is 0 Å². The molecule has 4 heterocycles. The van der Waals surface area contributed by atoms with Gasteiger partial charge in [-0.2, -0.15) is 4.52 Å². The number of imidazole rings is 1. The summed E-state index contributed by atoms with van der Waals surface area (Å²) in [4.78, 5) is 34.7. The number of amidine groups is 1. The Hall–Kier alpha value is -3.47. The van der Waals surface area contributed by atoms with Gasteiger partial charge in [0.25, 0.3) is 5.91 Å². The summed E-state index contributed by atoms with van der Waals surface area (Å²) >= 11 is 1.27. The zero-order valence-electron chi connectivity index (χ0n) is 14.9. The fourth-order valence-electron chi connectivity index (χ4n) is 3.12. The Morgan fingerprint density at radius 1 is 1.32 bits per heavy atom. The number of nitrogens with one attached hydrogen (secondary N) is 1. The minimum absolute atomic E-state index is 0.0550. The summed E-state index contributed by atoms with van der Waals surface area (Å²) in [6.45, 7) is 1.73. The molecule has 1 saturated heterocycles. The third kappa shape index (κ3) is 2.36. The monoisotopic (exact) mass is 394 g/mol. The van der Waals surface area contributed by atoms with Crippen molar-refractivity contribution >= 4 is 51.1 Å². The minimum atomic E-state index is -0.452. The summed E-state index contributed by atoms with van der Waals surface area (Å²) in [6, 6.07) is 7.64. The van der Waals surface area contributed by atoms with Crippen LogP contribution in [0.1, 0.15) is 16.2 Å². The lowest BCUT2D eigenvalue weighted by atomic mass is 10.2. The van der Waals surface area contributed by atoms with E-state index < -0.39 is 5.91 Å². The van der Waals surface area contributed by atoms with Crippen LogP contribution in [0.25, 0.3) is 22.3 Å². The van der Waals surface area contributed by atoms with E-state index in [1.165, 1.54) is 21.2 Å². The van der Waals surface area contributed by atoms with Gasteiger partial charge in [0, 0.05) is 12.4 Å². The Kier molecular flexibility index (Phi) is 3.59. The normalized spacial score (nSPS) is 16.1. The lowest BCUT2D eigenvalue weighted by molar-refractivity contribution is -0.123. The van der Waals surface area contributed by atoms with Crippen LogP contribution in [-0.4, -0.2) is 58.7 Å². The number of carbonyl (C=O) groups is 2. The fraction of sp³-hybridized carbons (Fsp3) is 0.176. The van der Waals surface area contributed by atoms with Gasteiger partial charge in [-0.3, -0.25) is 18.9 Å². The van der Waals surface area contributed by atoms with E-state index >= 15 is 0 Å². The molecule has 2 amide bonds. The molecule has 11 heteroatoms. The topological polar surface area (TPSA) is 109 Å². The van der Waals surface area contributed by atoms with Crippen molar-refractivity contribution in [3.8, 4) is 0 Å². The average molecular weight is 394 g/mol. The van der Waals surface area contributed by atoms with Crippen molar-refractivity contribution < 1.29 is 9.59 Å². The molecule has 28 heavy (non-hydrogen) atoms. The molecule has 0 radical (unpaired) electrons. The molecule has 0 atom stereocenters. The molecule has 1 aliphatic heterocycles. The quantitative estimate of drug-likeness (QED) is 0.509. The van der Waals surface area contributed by atoms with Crippen molar-refractivity contribution in [2.24, 2.45) is 5.10 Å². The fourth-order valence-corrected chi connectivity index (χ4v) is 3.97. The molecule has 5 rings (SSSR count). The largest absolute Gasteiger partial charge is 0.292 e. The number of rotatable bonds is 2. The number of benzene rings is 1. The molecule has 0 unspecified atom stereocenters. The molecular weight excluding hydrogens is 380 g/mol. The maximum atomic E-state index is 12.8. The van der Waals surface area contributed by atoms with Crippen LogP contribution in [0, 0.1) is 6.92 Å². The molecule has 140 valence electrons. The number of hydrazone groups is 1. The van der Waals surface area contributed by atoms with Gasteiger partial charge in [0.05, 0.1) is 17.0 Å². The van der Waals surface area contributed by atoms with E-state index in [4.69, 9.17) is 0 Å². The molecule has 1 N–H and O–H groups in total. The van der Waals surface area contributed by atoms with Crippen molar-refractivity contribution in [1.29, 1.82) is 0 Å². The van der Waals surface area contributed by atoms with Crippen LogP contribution in [0.3, 0.4) is 0 Å². The summed E-state index contributed by atoms with van der Waals surface area (Å²) in [6.07, 6.45) is 1.64. The van der Waals surface area contributed by atoms with Crippen molar-refractivity contribution in [2.75, 3.05) is 12.8 Å². The summed E-state index contributed by atoms with van der Waals surface area (Å²) < 4.78 is 3.24. The van der Waals surface area contributed by atoms with E-state index in [-0.39, 0.29) is 11.6 Å². The number of aryl methyl sites for hydroxylation is 1. The van der Waals surface area contributed by atoms with E-state index in [9.17, 15) is 9.59 Å². The summed E-state index contributed by atoms with van der Waals surface area (Å²) in [7, 11) is 1.62. The second-order valence-corrected chi connectivity index (χ2v) is 7.23. The molecule has 10 nitrogen and oxygen atoms in total. The third-order valence-electron chi connectivity index (χ3n) is 4.56. The van der Waals surface area contributed by atoms with Gasteiger partial charge in [-0.1, -0.05) is 23.9 Å². The van der Waals surface area contributed by atoms with Gasteiger partial charge in [0.1, 0.15) is 6.33 Å². The van der Waals surface area contributed by atoms with Crippen LogP contribution >= 0.6 is 11.8 Å². The van der Waals surface area contributed by atoms with Crippen LogP contribution in [0.15, 0.2) is 35.7 Å². The molecule has 1 aliphatic rings. The molecule has 1 fully saturated rings. The predicted octanol–water partition coefficient (Wildman–Crippen LogP) is 1.04. The standard InChI is InChI=1S/C17H14N8O2S/c1-9-13(15(27)20-21-17-23(2)12(26)7-28-17)25-16(19-9)24-8-18-11-6-4-3-5-10(11)14(24)22-25/h3-6,8H,7H2,1-2H3,(H,20,27)/b21-17+. The predicted molar refractivity (Wildman–Crippen MR) is 104 cm³/mol. The highest BCUT2D eigenvalue weighted by Crippen LogP contribution is 2.21. The molecule has 1 aromatic carbocycles. The smallest absolute Gasteiger partial charge is 0.292 e. The van der Waals surface area contributed by atoms with Crippen LogP contribution in [0.4, 0.5) is 0 Å². The van der Waals surface area contributed by atoms with Gasteiger partial charge in [0.15, 0.2) is 16.5 Å². The first kappa shape index (κ1) is 16.7. The first-order valence-corrected chi connectivity index (χ1v) is 9.41. The Morgan fingerprint density at radius 2 is 2.14 bits per heavy atom. The molecule has 0 bridgehead atoms. The zero-order valence-corrected chi connectivity index (χ0v) is 15.8. The minimum Gasteiger partial charge on any atom is -0.292 e. The van der Waals surface area contributed by atoms with Crippen LogP contribution < -0.4 is 5.43 Å². The number of aromatic nitrogens is 5. The van der Waals surface area contributed by atoms with Crippen molar-refractivity contribution in [2.45, 2.75) is 6.92 Å². The van der Waals surface area contributed by atoms with E-state index in [0.29, 0.717) is 28.0 Å². The number of nitrogens with zero attached hydrogens (tertiary/aromatic N) is 7. The molecule has 0 aliphatic carbocycles. The van der Waals surface area contributed by atoms with Gasteiger partial charge in [0.2, 0.25) is 11.7 Å². The molecule has 0 saturated carbocycles. The van der Waals surface area contributed by atoms with Crippen LogP contribution in [-0.2, 0) is 4.79 Å². The second-order valence-electron chi connectivity index (χ2n) is 6.29. The number of amides is 2. The zero-order chi connectivity index (χ0) is 19.4. The highest BCUT2D eigenvalue weighted by Gasteiger charge is 2.26. The third-order valence-corrected chi connectivity index (χ3v) is 5.58. The van der Waals surface area contributed by atoms with E-state index in [0.717, 1.165) is 10.9 Å². The van der Waals surface area contributed by atoms with Gasteiger partial charge in [-0.05, 0) is 19.1 Å². The van der Waals surface area contributed by atoms with Crippen LogP contribution in [0.5, 0.6) is 0 Å². The highest BCUT2D eigenvalue weighted by atomic mass is 32.2. The SMILES string of the molecule is Cc1nc2n(nc3c4ccccc4ncn32)c1C(=O)N/N=C1/SCC(=O)N1C. The molecule has 3 aromatic heterocycles. The van der Waals surface area contributed by atoms with Crippen molar-refractivity contribution in [3.05, 3.63) is 42.0 Å². The van der Waals surface area contributed by atoms with Crippen molar-refractivity contribution in [1.82, 2.24) is 34.3 Å². The molecule has 0 spiro atoms. The Balaban J connectivity index is 1.60. The Bertz CT molecular complexity index is 1320. The summed E-state index contributed by atoms with van der Waals surface area (Å²) in [5.74, 6) is 0.298. The number of thioether (sulfide) groups is 1. The highest BCUT2D eigenvalue weighted by molar-refractivity contribution is 8.15. The maximum Gasteiger partial charge on any atom is 0.292 e. The number of hydrogen-bond acceptors (Lipinski definition) is 7. The van der Waals surface area contributed by atoms with Crippen LogP contribution in [0.2, 0.25) is 0 Å². The van der Waals surface area contributed by atoms with Gasteiger partial charge < -0.3 is 0 Å². The number of hydrogen-bond donors (Lipinski definition) is 1. The lowest BCUT2D eigenvalue weighted by Gasteiger charge is -2.07. The lowest BCUT2D eigenvalue weighted by Crippen LogP contribution is -2.28. The van der Waals surface area contributed by atoms with E-state index in [1.54, 1.807) is 24.7 Å². The number of para-hydroxylation sites is 1. The molecule has 4 aromatic rings. The summed E-state index contributed by atoms with van der Waals surface area (Å²) in [5, 5.41) is 9.96.